The van der Waals surface area contributed by atoms with E-state index in [1.165, 1.54) is 0 Å². The molecule has 0 saturated carbocycles. The second-order valence-corrected chi connectivity index (χ2v) is 7.75. The predicted octanol–water partition coefficient (Wildman–Crippen LogP) is 3.06. The Balaban J connectivity index is 1.48. The van der Waals surface area contributed by atoms with Gasteiger partial charge in [-0.05, 0) is 44.0 Å². The molecule has 7 nitrogen and oxygen atoms in total. The van der Waals surface area contributed by atoms with Crippen molar-refractivity contribution in [1.82, 2.24) is 4.98 Å². The zero-order chi connectivity index (χ0) is 20.4. The Labute approximate surface area is 170 Å². The van der Waals surface area contributed by atoms with Crippen LogP contribution in [0.15, 0.2) is 47.1 Å². The van der Waals surface area contributed by atoms with E-state index < -0.39 is 0 Å². The first-order chi connectivity index (χ1) is 14.0. The fourth-order valence-electron chi connectivity index (χ4n) is 3.77. The number of carbonyl (C=O) groups excluding carboxylic acids is 1. The third-order valence-corrected chi connectivity index (χ3v) is 5.21. The summed E-state index contributed by atoms with van der Waals surface area (Å²) in [5, 5.41) is 2.90. The van der Waals surface area contributed by atoms with Crippen LogP contribution in [0.4, 0.5) is 17.2 Å². The molecule has 2 aliphatic rings. The number of nitrogens with one attached hydrogen (secondary N) is 1. The maximum atomic E-state index is 12.7. The molecule has 2 aromatic rings. The van der Waals surface area contributed by atoms with Crippen LogP contribution in [0.5, 0.6) is 0 Å². The molecule has 7 heteroatoms. The summed E-state index contributed by atoms with van der Waals surface area (Å²) in [6.07, 6.45) is 6.49. The highest BCUT2D eigenvalue weighted by atomic mass is 16.1. The molecular formula is C22H26N6O. The van der Waals surface area contributed by atoms with Gasteiger partial charge in [0.1, 0.15) is 11.7 Å². The molecule has 2 aliphatic heterocycles. The first kappa shape index (κ1) is 19.1. The van der Waals surface area contributed by atoms with E-state index in [4.69, 9.17) is 11.5 Å². The van der Waals surface area contributed by atoms with Gasteiger partial charge in [0.05, 0.1) is 17.6 Å². The van der Waals surface area contributed by atoms with Gasteiger partial charge >= 0.3 is 0 Å². The molecule has 1 fully saturated rings. The molecule has 150 valence electrons. The number of hydrogen-bond donors (Lipinski definition) is 3. The summed E-state index contributed by atoms with van der Waals surface area (Å²) in [7, 11) is 0. The van der Waals surface area contributed by atoms with Gasteiger partial charge in [0, 0.05) is 36.7 Å². The average molecular weight is 390 g/mol. The normalized spacial score (nSPS) is 19.0. The molecule has 0 radical (unpaired) electrons. The van der Waals surface area contributed by atoms with E-state index in [2.05, 4.69) is 26.3 Å². The lowest BCUT2D eigenvalue weighted by molar-refractivity contribution is 0.102. The van der Waals surface area contributed by atoms with E-state index >= 15 is 0 Å². The highest BCUT2D eigenvalue weighted by molar-refractivity contribution is 6.05. The summed E-state index contributed by atoms with van der Waals surface area (Å²) >= 11 is 0. The van der Waals surface area contributed by atoms with Gasteiger partial charge < -0.3 is 21.7 Å². The minimum Gasteiger partial charge on any atom is -0.387 e. The van der Waals surface area contributed by atoms with Gasteiger partial charge in [0.2, 0.25) is 0 Å². The topological polar surface area (TPSA) is 110 Å². The standard InChI is InChI=1S/C22H26N6O/c1-14-9-15-4-5-16(11-19(15)27-20(24)10-14)22(29)26-18-6-7-21(25-12-18)28-8-2-3-17(23)13-28/h4-7,9,11-12,17H,2-3,8,10,13,23H2,1H3,(H2,24,27)(H,26,29). The van der Waals surface area contributed by atoms with E-state index in [9.17, 15) is 4.79 Å². The number of amides is 1. The van der Waals surface area contributed by atoms with Crippen LogP contribution in [0.2, 0.25) is 0 Å². The van der Waals surface area contributed by atoms with E-state index in [0.717, 1.165) is 42.9 Å². The first-order valence-corrected chi connectivity index (χ1v) is 9.90. The van der Waals surface area contributed by atoms with Gasteiger partial charge in [-0.1, -0.05) is 17.7 Å². The van der Waals surface area contributed by atoms with Gasteiger partial charge in [-0.2, -0.15) is 0 Å². The molecule has 29 heavy (non-hydrogen) atoms. The maximum Gasteiger partial charge on any atom is 0.255 e. The molecule has 0 bridgehead atoms. The van der Waals surface area contributed by atoms with Crippen molar-refractivity contribution >= 4 is 35.0 Å². The van der Waals surface area contributed by atoms with E-state index in [1.54, 1.807) is 18.3 Å². The number of pyridine rings is 1. The number of hydrogen-bond acceptors (Lipinski definition) is 6. The maximum absolute atomic E-state index is 12.7. The molecule has 1 saturated heterocycles. The van der Waals surface area contributed by atoms with Gasteiger partial charge in [-0.15, -0.1) is 0 Å². The lowest BCUT2D eigenvalue weighted by atomic mass is 10.1. The lowest BCUT2D eigenvalue weighted by Gasteiger charge is -2.31. The van der Waals surface area contributed by atoms with Crippen molar-refractivity contribution in [3.8, 4) is 0 Å². The Morgan fingerprint density at radius 3 is 2.90 bits per heavy atom. The van der Waals surface area contributed by atoms with Crippen molar-refractivity contribution in [3.05, 3.63) is 53.2 Å². The molecule has 5 N–H and O–H groups in total. The molecule has 0 aliphatic carbocycles. The number of anilines is 2. The van der Waals surface area contributed by atoms with Crippen molar-refractivity contribution in [2.45, 2.75) is 32.2 Å². The highest BCUT2D eigenvalue weighted by Crippen LogP contribution is 2.28. The highest BCUT2D eigenvalue weighted by Gasteiger charge is 2.18. The van der Waals surface area contributed by atoms with Crippen molar-refractivity contribution in [2.24, 2.45) is 16.5 Å². The number of aliphatic imine (C=N–C) groups is 1. The van der Waals surface area contributed by atoms with Crippen LogP contribution in [0.25, 0.3) is 6.08 Å². The fraction of sp³-hybridized carbons (Fsp3) is 0.318. The van der Waals surface area contributed by atoms with E-state index in [-0.39, 0.29) is 11.9 Å². The molecule has 1 aromatic heterocycles. The number of aromatic nitrogens is 1. The third kappa shape index (κ3) is 4.46. The van der Waals surface area contributed by atoms with E-state index in [0.29, 0.717) is 29.2 Å². The zero-order valence-corrected chi connectivity index (χ0v) is 16.6. The zero-order valence-electron chi connectivity index (χ0n) is 16.6. The van der Waals surface area contributed by atoms with Crippen LogP contribution in [-0.4, -0.2) is 35.9 Å². The number of benzene rings is 1. The summed E-state index contributed by atoms with van der Waals surface area (Å²) in [5.41, 5.74) is 16.0. The largest absolute Gasteiger partial charge is 0.387 e. The number of fused-ring (bicyclic) bond motifs is 1. The average Bonchev–Trinajstić information content (AvgIpc) is 2.84. The summed E-state index contributed by atoms with van der Waals surface area (Å²) in [5.74, 6) is 1.23. The first-order valence-electron chi connectivity index (χ1n) is 9.90. The predicted molar refractivity (Wildman–Crippen MR) is 118 cm³/mol. The third-order valence-electron chi connectivity index (χ3n) is 5.21. The van der Waals surface area contributed by atoms with Gasteiger partial charge in [0.15, 0.2) is 0 Å². The summed E-state index contributed by atoms with van der Waals surface area (Å²) in [6.45, 7) is 3.79. The number of rotatable bonds is 3. The van der Waals surface area contributed by atoms with Crippen molar-refractivity contribution < 1.29 is 4.79 Å². The number of amidine groups is 1. The van der Waals surface area contributed by atoms with E-state index in [1.807, 2.05) is 25.1 Å². The van der Waals surface area contributed by atoms with Crippen LogP contribution in [0, 0.1) is 0 Å². The van der Waals surface area contributed by atoms with Crippen LogP contribution < -0.4 is 21.7 Å². The van der Waals surface area contributed by atoms with Crippen molar-refractivity contribution in [3.63, 3.8) is 0 Å². The number of nitrogens with two attached hydrogens (primary N) is 2. The minimum absolute atomic E-state index is 0.188. The molecular weight excluding hydrogens is 364 g/mol. The van der Waals surface area contributed by atoms with Crippen molar-refractivity contribution in [1.29, 1.82) is 0 Å². The summed E-state index contributed by atoms with van der Waals surface area (Å²) < 4.78 is 0. The minimum atomic E-state index is -0.207. The number of carbonyl (C=O) groups is 1. The Morgan fingerprint density at radius 1 is 1.28 bits per heavy atom. The number of nitrogens with zero attached hydrogens (tertiary/aromatic N) is 3. The monoisotopic (exact) mass is 390 g/mol. The Kier molecular flexibility index (Phi) is 5.31. The Morgan fingerprint density at radius 2 is 2.14 bits per heavy atom. The molecule has 1 unspecified atom stereocenters. The summed E-state index contributed by atoms with van der Waals surface area (Å²) in [4.78, 5) is 23.8. The molecule has 4 rings (SSSR count). The molecule has 1 amide bonds. The van der Waals surface area contributed by atoms with Gasteiger partial charge in [0.25, 0.3) is 5.91 Å². The molecule has 1 atom stereocenters. The molecule has 0 spiro atoms. The van der Waals surface area contributed by atoms with Crippen LogP contribution >= 0.6 is 0 Å². The smallest absolute Gasteiger partial charge is 0.255 e. The fourth-order valence-corrected chi connectivity index (χ4v) is 3.77. The Bertz CT molecular complexity index is 979. The second kappa shape index (κ2) is 8.05. The Hall–Kier alpha value is -3.19. The second-order valence-electron chi connectivity index (χ2n) is 7.75. The lowest BCUT2D eigenvalue weighted by Crippen LogP contribution is -2.43. The quantitative estimate of drug-likeness (QED) is 0.746. The van der Waals surface area contributed by atoms with Crippen LogP contribution in [-0.2, 0) is 0 Å². The van der Waals surface area contributed by atoms with Crippen molar-refractivity contribution in [2.75, 3.05) is 23.3 Å². The summed E-state index contributed by atoms with van der Waals surface area (Å²) in [6, 6.07) is 9.44. The van der Waals surface area contributed by atoms with Crippen LogP contribution in [0.1, 0.15) is 42.1 Å². The van der Waals surface area contributed by atoms with Gasteiger partial charge in [-0.3, -0.25) is 4.79 Å². The molecule has 1 aromatic carbocycles. The van der Waals surface area contributed by atoms with Crippen LogP contribution in [0.3, 0.4) is 0 Å². The SMILES string of the molecule is CC1=Cc2ccc(C(=O)Nc3ccc(N4CCCC(N)C4)nc3)cc2N=C(N)C1. The molecule has 3 heterocycles. The van der Waals surface area contributed by atoms with Gasteiger partial charge in [-0.25, -0.2) is 9.98 Å². The number of piperidine rings is 1.